The number of para-hydroxylation sites is 1. The number of rotatable bonds is 9. The first-order valence-electron chi connectivity index (χ1n) is 8.24. The molecule has 2 N–H and O–H groups in total. The molecule has 0 saturated carbocycles. The Labute approximate surface area is 150 Å². The molecule has 2 amide bonds. The van der Waals surface area contributed by atoms with E-state index in [1.54, 1.807) is 0 Å². The summed E-state index contributed by atoms with van der Waals surface area (Å²) in [5.74, 6) is -1.74. The van der Waals surface area contributed by atoms with E-state index in [0.717, 1.165) is 17.9 Å². The minimum absolute atomic E-state index is 0.141. The van der Waals surface area contributed by atoms with Crippen LogP contribution in [0.4, 0.5) is 8.78 Å². The van der Waals surface area contributed by atoms with Gasteiger partial charge in [0.2, 0.25) is 5.91 Å². The Hall–Kier alpha value is -2.96. The second-order valence-electron chi connectivity index (χ2n) is 5.50. The van der Waals surface area contributed by atoms with E-state index in [-0.39, 0.29) is 24.6 Å². The first-order chi connectivity index (χ1) is 12.6. The Morgan fingerprint density at radius 3 is 2.42 bits per heavy atom. The van der Waals surface area contributed by atoms with Crippen molar-refractivity contribution in [3.63, 3.8) is 0 Å². The molecule has 0 unspecified atom stereocenters. The zero-order valence-electron chi connectivity index (χ0n) is 14.1. The van der Waals surface area contributed by atoms with Gasteiger partial charge < -0.3 is 15.4 Å². The Kier molecular flexibility index (Phi) is 7.54. The molecule has 0 aromatic heterocycles. The van der Waals surface area contributed by atoms with E-state index in [9.17, 15) is 18.4 Å². The summed E-state index contributed by atoms with van der Waals surface area (Å²) in [4.78, 5) is 23.4. The maximum atomic E-state index is 13.5. The Bertz CT molecular complexity index is 739. The molecule has 5 nitrogen and oxygen atoms in total. The molecule has 0 bridgehead atoms. The van der Waals surface area contributed by atoms with Gasteiger partial charge in [-0.15, -0.1) is 0 Å². The SMILES string of the molecule is O=C(CCCOc1ccccc1)NCCNC(=O)c1ccc(F)cc1F. The van der Waals surface area contributed by atoms with Crippen LogP contribution in [0.25, 0.3) is 0 Å². The Morgan fingerprint density at radius 2 is 1.69 bits per heavy atom. The zero-order valence-corrected chi connectivity index (χ0v) is 14.1. The maximum absolute atomic E-state index is 13.5. The zero-order chi connectivity index (χ0) is 18.8. The summed E-state index contributed by atoms with van der Waals surface area (Å²) in [5, 5.41) is 5.11. The van der Waals surface area contributed by atoms with E-state index in [0.29, 0.717) is 25.5 Å². The van der Waals surface area contributed by atoms with Gasteiger partial charge in [0.1, 0.15) is 17.4 Å². The van der Waals surface area contributed by atoms with E-state index in [4.69, 9.17) is 4.74 Å². The van der Waals surface area contributed by atoms with Crippen LogP contribution in [0.1, 0.15) is 23.2 Å². The van der Waals surface area contributed by atoms with Gasteiger partial charge >= 0.3 is 0 Å². The number of amides is 2. The smallest absolute Gasteiger partial charge is 0.254 e. The molecule has 0 aliphatic carbocycles. The summed E-state index contributed by atoms with van der Waals surface area (Å²) in [7, 11) is 0. The molecule has 0 aliphatic rings. The summed E-state index contributed by atoms with van der Waals surface area (Å²) in [5.41, 5.74) is -0.240. The number of carbonyl (C=O) groups excluding carboxylic acids is 2. The van der Waals surface area contributed by atoms with Gasteiger partial charge in [0.25, 0.3) is 5.91 Å². The quantitative estimate of drug-likeness (QED) is 0.674. The molecule has 26 heavy (non-hydrogen) atoms. The third kappa shape index (κ3) is 6.51. The van der Waals surface area contributed by atoms with E-state index in [2.05, 4.69) is 10.6 Å². The molecule has 0 spiro atoms. The van der Waals surface area contributed by atoms with Crippen LogP contribution in [0.2, 0.25) is 0 Å². The summed E-state index contributed by atoms with van der Waals surface area (Å²) >= 11 is 0. The number of nitrogens with one attached hydrogen (secondary N) is 2. The van der Waals surface area contributed by atoms with Crippen LogP contribution >= 0.6 is 0 Å². The highest BCUT2D eigenvalue weighted by molar-refractivity contribution is 5.94. The molecule has 0 aliphatic heterocycles. The highest BCUT2D eigenvalue weighted by Gasteiger charge is 2.11. The predicted molar refractivity (Wildman–Crippen MR) is 92.9 cm³/mol. The molecule has 0 radical (unpaired) electrons. The van der Waals surface area contributed by atoms with Gasteiger partial charge in [-0.3, -0.25) is 9.59 Å². The first kappa shape index (κ1) is 19.4. The third-order valence-corrected chi connectivity index (χ3v) is 3.47. The minimum Gasteiger partial charge on any atom is -0.494 e. The fraction of sp³-hybridized carbons (Fsp3) is 0.263. The summed E-state index contributed by atoms with van der Waals surface area (Å²) in [6, 6.07) is 12.0. The van der Waals surface area contributed by atoms with Crippen molar-refractivity contribution in [3.8, 4) is 5.75 Å². The van der Waals surface area contributed by atoms with Crippen molar-refractivity contribution in [3.05, 3.63) is 65.7 Å². The fourth-order valence-electron chi connectivity index (χ4n) is 2.17. The van der Waals surface area contributed by atoms with Gasteiger partial charge in [-0.05, 0) is 30.7 Å². The number of benzene rings is 2. The molecule has 138 valence electrons. The second-order valence-corrected chi connectivity index (χ2v) is 5.50. The van der Waals surface area contributed by atoms with Crippen molar-refractivity contribution in [2.24, 2.45) is 0 Å². The van der Waals surface area contributed by atoms with Gasteiger partial charge in [0.05, 0.1) is 12.2 Å². The summed E-state index contributed by atoms with van der Waals surface area (Å²) in [6.45, 7) is 0.785. The van der Waals surface area contributed by atoms with Crippen molar-refractivity contribution in [1.82, 2.24) is 10.6 Å². The van der Waals surface area contributed by atoms with Crippen LogP contribution in [-0.4, -0.2) is 31.5 Å². The molecule has 2 aromatic rings. The third-order valence-electron chi connectivity index (χ3n) is 3.47. The number of hydrogen-bond donors (Lipinski definition) is 2. The standard InChI is InChI=1S/C19H20F2N2O3/c20-14-8-9-16(17(21)13-14)19(25)23-11-10-22-18(24)7-4-12-26-15-5-2-1-3-6-15/h1-3,5-6,8-9,13H,4,7,10-12H2,(H,22,24)(H,23,25). The molecule has 0 fully saturated rings. The van der Waals surface area contributed by atoms with Crippen LogP contribution in [0.5, 0.6) is 5.75 Å². The highest BCUT2D eigenvalue weighted by Crippen LogP contribution is 2.09. The van der Waals surface area contributed by atoms with Gasteiger partial charge in [-0.1, -0.05) is 18.2 Å². The Balaban J connectivity index is 1.57. The van der Waals surface area contributed by atoms with E-state index in [1.165, 1.54) is 0 Å². The maximum Gasteiger partial charge on any atom is 0.254 e. The molecule has 2 aromatic carbocycles. The van der Waals surface area contributed by atoms with Crippen LogP contribution in [0.3, 0.4) is 0 Å². The highest BCUT2D eigenvalue weighted by atomic mass is 19.1. The molecule has 0 saturated heterocycles. The van der Waals surface area contributed by atoms with Gasteiger partial charge in [-0.2, -0.15) is 0 Å². The lowest BCUT2D eigenvalue weighted by atomic mass is 10.2. The topological polar surface area (TPSA) is 67.4 Å². The number of carbonyl (C=O) groups is 2. The van der Waals surface area contributed by atoms with Crippen molar-refractivity contribution in [2.45, 2.75) is 12.8 Å². The summed E-state index contributed by atoms with van der Waals surface area (Å²) in [6.07, 6.45) is 0.862. The van der Waals surface area contributed by atoms with Gasteiger partial charge in [-0.25, -0.2) is 8.78 Å². The average Bonchev–Trinajstić information content (AvgIpc) is 2.63. The van der Waals surface area contributed by atoms with Crippen molar-refractivity contribution in [1.29, 1.82) is 0 Å². The first-order valence-corrected chi connectivity index (χ1v) is 8.24. The van der Waals surface area contributed by atoms with Crippen molar-refractivity contribution >= 4 is 11.8 Å². The van der Waals surface area contributed by atoms with Crippen LogP contribution in [0.15, 0.2) is 48.5 Å². The molecule has 0 heterocycles. The average molecular weight is 362 g/mol. The Morgan fingerprint density at radius 1 is 0.962 bits per heavy atom. The summed E-state index contributed by atoms with van der Waals surface area (Å²) < 4.78 is 31.7. The lowest BCUT2D eigenvalue weighted by Crippen LogP contribution is -2.35. The van der Waals surface area contributed by atoms with E-state index < -0.39 is 17.5 Å². The normalized spacial score (nSPS) is 10.2. The van der Waals surface area contributed by atoms with Crippen LogP contribution in [-0.2, 0) is 4.79 Å². The minimum atomic E-state index is -0.926. The second kappa shape index (κ2) is 10.1. The van der Waals surface area contributed by atoms with Crippen molar-refractivity contribution < 1.29 is 23.1 Å². The van der Waals surface area contributed by atoms with E-state index in [1.807, 2.05) is 30.3 Å². The molecular formula is C19H20F2N2O3. The van der Waals surface area contributed by atoms with E-state index >= 15 is 0 Å². The molecule has 0 atom stereocenters. The number of hydrogen-bond acceptors (Lipinski definition) is 3. The predicted octanol–water partition coefficient (Wildman–Crippen LogP) is 2.67. The fourth-order valence-corrected chi connectivity index (χ4v) is 2.17. The largest absolute Gasteiger partial charge is 0.494 e. The lowest BCUT2D eigenvalue weighted by Gasteiger charge is -2.08. The molecular weight excluding hydrogens is 342 g/mol. The van der Waals surface area contributed by atoms with Crippen LogP contribution < -0.4 is 15.4 Å². The number of ether oxygens (including phenoxy) is 1. The van der Waals surface area contributed by atoms with Crippen molar-refractivity contribution in [2.75, 3.05) is 19.7 Å². The molecule has 2 rings (SSSR count). The van der Waals surface area contributed by atoms with Gasteiger partial charge in [0, 0.05) is 25.6 Å². The van der Waals surface area contributed by atoms with Gasteiger partial charge in [0.15, 0.2) is 0 Å². The lowest BCUT2D eigenvalue weighted by molar-refractivity contribution is -0.121. The van der Waals surface area contributed by atoms with Crippen LogP contribution in [0, 0.1) is 11.6 Å². The monoisotopic (exact) mass is 362 g/mol. The molecule has 7 heteroatoms. The number of halogens is 2.